The fraction of sp³-hybridized carbons (Fsp3) is 0.444. The summed E-state index contributed by atoms with van der Waals surface area (Å²) < 4.78 is 24.2. The number of ketones is 1. The van der Waals surface area contributed by atoms with Gasteiger partial charge < -0.3 is 44.7 Å². The summed E-state index contributed by atoms with van der Waals surface area (Å²) in [7, 11) is 0. The molecule has 1 saturated heterocycles. The zero-order valence-electron chi connectivity index (χ0n) is 33.4. The van der Waals surface area contributed by atoms with Crippen molar-refractivity contribution in [1.82, 2.24) is 5.32 Å². The van der Waals surface area contributed by atoms with E-state index < -0.39 is 107 Å². The second-order valence-corrected chi connectivity index (χ2v) is 16.8. The summed E-state index contributed by atoms with van der Waals surface area (Å²) >= 11 is 0. The molecule has 4 aliphatic rings. The number of fused-ring (bicyclic) bond motifs is 5. The second kappa shape index (κ2) is 15.4. The number of aliphatic hydroxyl groups excluding tert-OH is 3. The molecule has 0 spiro atoms. The number of Topliss-reactive ketones (excluding diaryl/α,β-unsaturated/α-hetero) is 1. The third kappa shape index (κ3) is 6.76. The molecule has 0 radical (unpaired) electrons. The van der Waals surface area contributed by atoms with Gasteiger partial charge in [-0.15, -0.1) is 0 Å². The molecule has 14 heteroatoms. The lowest BCUT2D eigenvalue weighted by Gasteiger charge is -2.67. The average Bonchev–Trinajstić information content (AvgIpc) is 3.21. The average molecular weight is 812 g/mol. The van der Waals surface area contributed by atoms with Crippen molar-refractivity contribution in [3.05, 3.63) is 119 Å². The molecule has 0 unspecified atom stereocenters. The van der Waals surface area contributed by atoms with Crippen LogP contribution in [-0.2, 0) is 33.3 Å². The molecule has 3 aromatic rings. The standard InChI is InChI=1S/C45H49NO13/c1-24-29(57-41(54)35(50)33(26-15-9-6-10-16-26)46-39(52)27-17-11-7-12-18-27)22-45(55)38(58-40(53)28-19-13-8-14-20-28)36-43(5,37(51)34(49)32(24)42(45,3)4)30(48)21-31-44(36,23-56-31)59-25(2)47/h6-20,29-31,33-36,38,48-50,55H,21-23H2,1-5H3,(H,46,52)/t29-,30-,31-,33-,34-,35+,36-,38-,43-,44-,45-/m1/s1. The summed E-state index contributed by atoms with van der Waals surface area (Å²) in [5.41, 5.74) is -6.86. The molecule has 11 atom stereocenters. The molecule has 59 heavy (non-hydrogen) atoms. The van der Waals surface area contributed by atoms with Gasteiger partial charge in [-0.2, -0.15) is 0 Å². The highest BCUT2D eigenvalue weighted by Crippen LogP contribution is 2.64. The monoisotopic (exact) mass is 811 g/mol. The Morgan fingerprint density at radius 2 is 1.44 bits per heavy atom. The van der Waals surface area contributed by atoms with Gasteiger partial charge in [0.05, 0.1) is 35.6 Å². The summed E-state index contributed by atoms with van der Waals surface area (Å²) in [6.45, 7) is 6.89. The van der Waals surface area contributed by atoms with E-state index in [0.29, 0.717) is 5.56 Å². The number of hydrogen-bond donors (Lipinski definition) is 5. The Morgan fingerprint density at radius 1 is 0.864 bits per heavy atom. The van der Waals surface area contributed by atoms with Gasteiger partial charge in [0, 0.05) is 30.7 Å². The van der Waals surface area contributed by atoms with Crippen molar-refractivity contribution in [2.24, 2.45) is 16.7 Å². The number of amides is 1. The topological polar surface area (TPSA) is 215 Å². The van der Waals surface area contributed by atoms with Crippen LogP contribution in [0.5, 0.6) is 0 Å². The molecule has 312 valence electrons. The van der Waals surface area contributed by atoms with Crippen LogP contribution in [0, 0.1) is 16.7 Å². The number of hydrogen-bond acceptors (Lipinski definition) is 13. The van der Waals surface area contributed by atoms with Crippen molar-refractivity contribution >= 4 is 29.6 Å². The van der Waals surface area contributed by atoms with E-state index in [2.05, 4.69) is 5.32 Å². The minimum absolute atomic E-state index is 0.0540. The van der Waals surface area contributed by atoms with E-state index in [1.807, 2.05) is 0 Å². The Morgan fingerprint density at radius 3 is 2.00 bits per heavy atom. The van der Waals surface area contributed by atoms with Crippen LogP contribution in [0.1, 0.15) is 79.8 Å². The number of carbonyl (C=O) groups is 5. The predicted octanol–water partition coefficient (Wildman–Crippen LogP) is 3.16. The highest BCUT2D eigenvalue weighted by atomic mass is 16.6. The third-order valence-electron chi connectivity index (χ3n) is 13.2. The first-order valence-electron chi connectivity index (χ1n) is 19.6. The molecule has 14 nitrogen and oxygen atoms in total. The Balaban J connectivity index is 1.34. The Bertz CT molecular complexity index is 2160. The van der Waals surface area contributed by atoms with Crippen LogP contribution in [-0.4, -0.2) is 104 Å². The van der Waals surface area contributed by atoms with E-state index in [-0.39, 0.29) is 35.3 Å². The SMILES string of the molecule is CC(=O)O[C@]12CO[C@@H]1C[C@@H](O)[C@@]1(C)C(=O)[C@H](O)C3=C(C)[C@H](OC(=O)[C@@H](O)[C@H](NC(=O)c4ccccc4)c4ccccc4)C[C@@](O)([C@H](OC(=O)c4ccccc4)[C@@H]21)C3(C)C. The van der Waals surface area contributed by atoms with Gasteiger partial charge in [0.2, 0.25) is 0 Å². The van der Waals surface area contributed by atoms with Crippen LogP contribution in [0.15, 0.2) is 102 Å². The van der Waals surface area contributed by atoms with E-state index in [4.69, 9.17) is 18.9 Å². The molecule has 2 bridgehead atoms. The first-order valence-corrected chi connectivity index (χ1v) is 19.6. The van der Waals surface area contributed by atoms with Crippen LogP contribution in [0.2, 0.25) is 0 Å². The smallest absolute Gasteiger partial charge is 0.338 e. The van der Waals surface area contributed by atoms with Gasteiger partial charge in [-0.25, -0.2) is 9.59 Å². The number of esters is 3. The molecule has 5 N–H and O–H groups in total. The lowest BCUT2D eigenvalue weighted by molar-refractivity contribution is -0.346. The molecule has 3 aliphatic carbocycles. The molecule has 0 aromatic heterocycles. The van der Waals surface area contributed by atoms with Crippen LogP contribution in [0.3, 0.4) is 0 Å². The molecule has 2 saturated carbocycles. The number of benzene rings is 3. The van der Waals surface area contributed by atoms with E-state index in [1.54, 1.807) is 92.7 Å². The highest BCUT2D eigenvalue weighted by molar-refractivity contribution is 5.95. The molecular weight excluding hydrogens is 762 g/mol. The van der Waals surface area contributed by atoms with Crippen LogP contribution in [0.25, 0.3) is 0 Å². The van der Waals surface area contributed by atoms with Gasteiger partial charge in [-0.1, -0.05) is 80.6 Å². The summed E-state index contributed by atoms with van der Waals surface area (Å²) in [5, 5.41) is 51.9. The second-order valence-electron chi connectivity index (χ2n) is 16.8. The maximum atomic E-state index is 15.0. The Labute approximate surface area is 341 Å². The molecule has 3 aromatic carbocycles. The minimum atomic E-state index is -2.35. The van der Waals surface area contributed by atoms with Gasteiger partial charge in [0.25, 0.3) is 5.91 Å². The maximum absolute atomic E-state index is 15.0. The van der Waals surface area contributed by atoms with Gasteiger partial charge in [-0.05, 0) is 54.8 Å². The summed E-state index contributed by atoms with van der Waals surface area (Å²) in [4.78, 5) is 69.5. The zero-order chi connectivity index (χ0) is 42.7. The van der Waals surface area contributed by atoms with Crippen molar-refractivity contribution in [2.75, 3.05) is 6.61 Å². The number of carbonyl (C=O) groups excluding carboxylic acids is 5. The van der Waals surface area contributed by atoms with Crippen molar-refractivity contribution in [2.45, 2.75) is 101 Å². The predicted molar refractivity (Wildman–Crippen MR) is 208 cm³/mol. The number of rotatable bonds is 9. The van der Waals surface area contributed by atoms with E-state index in [1.165, 1.54) is 26.0 Å². The van der Waals surface area contributed by atoms with Crippen LogP contribution < -0.4 is 5.32 Å². The zero-order valence-corrected chi connectivity index (χ0v) is 33.4. The van der Waals surface area contributed by atoms with Gasteiger partial charge >= 0.3 is 17.9 Å². The fourth-order valence-corrected chi connectivity index (χ4v) is 9.94. The van der Waals surface area contributed by atoms with Crippen molar-refractivity contribution in [1.29, 1.82) is 0 Å². The largest absolute Gasteiger partial charge is 0.456 e. The molecule has 7 rings (SSSR count). The molecule has 1 aliphatic heterocycles. The highest BCUT2D eigenvalue weighted by Gasteiger charge is 2.78. The van der Waals surface area contributed by atoms with E-state index >= 15 is 0 Å². The van der Waals surface area contributed by atoms with Crippen LogP contribution in [0.4, 0.5) is 0 Å². The van der Waals surface area contributed by atoms with Gasteiger partial charge in [-0.3, -0.25) is 14.4 Å². The fourth-order valence-electron chi connectivity index (χ4n) is 9.94. The van der Waals surface area contributed by atoms with Crippen molar-refractivity contribution in [3.63, 3.8) is 0 Å². The minimum Gasteiger partial charge on any atom is -0.456 e. The lowest BCUT2D eigenvalue weighted by Crippen LogP contribution is -2.81. The van der Waals surface area contributed by atoms with Gasteiger partial charge in [0.1, 0.15) is 30.0 Å². The third-order valence-corrected chi connectivity index (χ3v) is 13.2. The molecule has 1 amide bonds. The number of ether oxygens (including phenoxy) is 4. The first-order chi connectivity index (χ1) is 27.9. The lowest BCUT2D eigenvalue weighted by atomic mass is 9.44. The Kier molecular flexibility index (Phi) is 10.9. The summed E-state index contributed by atoms with van der Waals surface area (Å²) in [6, 6.07) is 23.1. The van der Waals surface area contributed by atoms with Crippen molar-refractivity contribution < 1.29 is 63.3 Å². The van der Waals surface area contributed by atoms with Crippen LogP contribution >= 0.6 is 0 Å². The quantitative estimate of drug-likeness (QED) is 0.120. The Hall–Kier alpha value is -5.25. The summed E-state index contributed by atoms with van der Waals surface area (Å²) in [6.07, 6.45) is -10.5. The number of nitrogens with one attached hydrogen (secondary N) is 1. The number of aliphatic hydroxyl groups is 4. The van der Waals surface area contributed by atoms with E-state index in [0.717, 1.165) is 6.92 Å². The molecule has 1 heterocycles. The van der Waals surface area contributed by atoms with E-state index in [9.17, 15) is 44.4 Å². The molecular formula is C45H49NO13. The van der Waals surface area contributed by atoms with Crippen molar-refractivity contribution in [3.8, 4) is 0 Å². The maximum Gasteiger partial charge on any atom is 0.338 e. The van der Waals surface area contributed by atoms with Gasteiger partial charge in [0.15, 0.2) is 17.5 Å². The summed E-state index contributed by atoms with van der Waals surface area (Å²) in [5.74, 6) is -5.89. The molecule has 3 fully saturated rings. The first kappa shape index (κ1) is 41.9. The normalized spacial score (nSPS) is 33.0.